The van der Waals surface area contributed by atoms with Gasteiger partial charge in [0.05, 0.1) is 17.5 Å². The molecule has 1 aromatic carbocycles. The van der Waals surface area contributed by atoms with Gasteiger partial charge >= 0.3 is 0 Å². The Balaban J connectivity index is 1.95. The zero-order valence-corrected chi connectivity index (χ0v) is 10.1. The second kappa shape index (κ2) is 5.36. The third kappa shape index (κ3) is 2.69. The van der Waals surface area contributed by atoms with Gasteiger partial charge in [-0.1, -0.05) is 13.0 Å². The fourth-order valence-electron chi connectivity index (χ4n) is 2.31. The van der Waals surface area contributed by atoms with Crippen LogP contribution in [0.25, 0.3) is 0 Å². The van der Waals surface area contributed by atoms with Crippen molar-refractivity contribution in [3.63, 3.8) is 0 Å². The number of halogens is 1. The molecular weight excluding hydrogens is 219 g/mol. The summed E-state index contributed by atoms with van der Waals surface area (Å²) < 4.78 is 18.8. The Hall–Kier alpha value is -1.29. The van der Waals surface area contributed by atoms with E-state index in [1.54, 1.807) is 12.1 Å². The molecule has 1 saturated heterocycles. The molecule has 0 spiro atoms. The summed E-state index contributed by atoms with van der Waals surface area (Å²) in [4.78, 5) is 0. The summed E-state index contributed by atoms with van der Waals surface area (Å²) in [6.07, 6.45) is 2.39. The third-order valence-corrected chi connectivity index (χ3v) is 3.36. The number of benzene rings is 1. The maximum atomic E-state index is 13.2. The number of para-hydroxylation sites is 1. The van der Waals surface area contributed by atoms with Gasteiger partial charge in [-0.25, -0.2) is 4.39 Å². The van der Waals surface area contributed by atoms with E-state index in [2.05, 4.69) is 12.2 Å². The van der Waals surface area contributed by atoms with E-state index in [1.165, 1.54) is 6.07 Å². The van der Waals surface area contributed by atoms with Gasteiger partial charge in [0.2, 0.25) is 0 Å². The standard InChI is InChI=1S/C13H19FN2O/c1-2-12-9(6-7-17-12)8-16-11-5-3-4-10(14)13(11)15/h3-5,9,12,16H,2,6-8,15H2,1H3. The number of hydrogen-bond acceptors (Lipinski definition) is 3. The normalized spacial score (nSPS) is 23.9. The molecule has 1 heterocycles. The van der Waals surface area contributed by atoms with Gasteiger partial charge in [-0.3, -0.25) is 0 Å². The van der Waals surface area contributed by atoms with Crippen LogP contribution >= 0.6 is 0 Å². The first-order valence-corrected chi connectivity index (χ1v) is 6.11. The Morgan fingerprint density at radius 2 is 2.35 bits per heavy atom. The predicted octanol–water partition coefficient (Wildman–Crippen LogP) is 2.63. The number of nitrogen functional groups attached to an aromatic ring is 1. The zero-order valence-electron chi connectivity index (χ0n) is 10.1. The lowest BCUT2D eigenvalue weighted by molar-refractivity contribution is 0.0900. The van der Waals surface area contributed by atoms with Crippen molar-refractivity contribution in [2.75, 3.05) is 24.2 Å². The van der Waals surface area contributed by atoms with Gasteiger partial charge in [0.1, 0.15) is 5.82 Å². The van der Waals surface area contributed by atoms with Crippen molar-refractivity contribution >= 4 is 11.4 Å². The van der Waals surface area contributed by atoms with Crippen LogP contribution in [0.3, 0.4) is 0 Å². The van der Waals surface area contributed by atoms with Crippen LogP contribution in [-0.2, 0) is 4.74 Å². The molecule has 94 valence electrons. The number of hydrogen-bond donors (Lipinski definition) is 2. The van der Waals surface area contributed by atoms with Crippen molar-refractivity contribution in [1.82, 2.24) is 0 Å². The van der Waals surface area contributed by atoms with Crippen LogP contribution in [0, 0.1) is 11.7 Å². The summed E-state index contributed by atoms with van der Waals surface area (Å²) in [5.41, 5.74) is 6.53. The van der Waals surface area contributed by atoms with Crippen molar-refractivity contribution in [2.24, 2.45) is 5.92 Å². The van der Waals surface area contributed by atoms with Crippen LogP contribution in [0.4, 0.5) is 15.8 Å². The molecular formula is C13H19FN2O. The summed E-state index contributed by atoms with van der Waals surface area (Å²) in [5.74, 6) is 0.118. The van der Waals surface area contributed by atoms with Crippen LogP contribution in [-0.4, -0.2) is 19.3 Å². The maximum Gasteiger partial charge on any atom is 0.148 e. The van der Waals surface area contributed by atoms with Crippen LogP contribution in [0.15, 0.2) is 18.2 Å². The Bertz CT molecular complexity index is 384. The monoisotopic (exact) mass is 238 g/mol. The minimum absolute atomic E-state index is 0.194. The SMILES string of the molecule is CCC1OCCC1CNc1cccc(F)c1N. The quantitative estimate of drug-likeness (QED) is 0.793. The molecule has 1 aromatic rings. The fraction of sp³-hybridized carbons (Fsp3) is 0.538. The molecule has 0 amide bonds. The van der Waals surface area contributed by atoms with E-state index < -0.39 is 0 Å². The van der Waals surface area contributed by atoms with Gasteiger partial charge in [-0.05, 0) is 25.0 Å². The van der Waals surface area contributed by atoms with Crippen molar-refractivity contribution in [1.29, 1.82) is 0 Å². The average molecular weight is 238 g/mol. The zero-order chi connectivity index (χ0) is 12.3. The van der Waals surface area contributed by atoms with E-state index in [0.29, 0.717) is 17.7 Å². The van der Waals surface area contributed by atoms with Crippen LogP contribution in [0.5, 0.6) is 0 Å². The minimum Gasteiger partial charge on any atom is -0.395 e. The van der Waals surface area contributed by atoms with Crippen molar-refractivity contribution < 1.29 is 9.13 Å². The average Bonchev–Trinajstić information content (AvgIpc) is 2.78. The molecule has 2 atom stereocenters. The summed E-state index contributed by atoms with van der Waals surface area (Å²) in [7, 11) is 0. The smallest absolute Gasteiger partial charge is 0.148 e. The first-order chi connectivity index (χ1) is 8.22. The van der Waals surface area contributed by atoms with Gasteiger partial charge < -0.3 is 15.8 Å². The Morgan fingerprint density at radius 3 is 3.12 bits per heavy atom. The van der Waals surface area contributed by atoms with E-state index >= 15 is 0 Å². The predicted molar refractivity (Wildman–Crippen MR) is 67.4 cm³/mol. The summed E-state index contributed by atoms with van der Waals surface area (Å²) >= 11 is 0. The van der Waals surface area contributed by atoms with E-state index in [-0.39, 0.29) is 11.5 Å². The summed E-state index contributed by atoms with van der Waals surface area (Å²) in [6, 6.07) is 4.83. The molecule has 1 aliphatic heterocycles. The van der Waals surface area contributed by atoms with Gasteiger partial charge in [0.25, 0.3) is 0 Å². The van der Waals surface area contributed by atoms with Gasteiger partial charge in [-0.15, -0.1) is 0 Å². The van der Waals surface area contributed by atoms with E-state index in [9.17, 15) is 4.39 Å². The Labute approximate surface area is 101 Å². The molecule has 0 bridgehead atoms. The molecule has 0 aromatic heterocycles. The molecule has 17 heavy (non-hydrogen) atoms. The topological polar surface area (TPSA) is 47.3 Å². The molecule has 4 heteroatoms. The fourth-order valence-corrected chi connectivity index (χ4v) is 2.31. The van der Waals surface area contributed by atoms with Crippen molar-refractivity contribution in [3.8, 4) is 0 Å². The van der Waals surface area contributed by atoms with Crippen LogP contribution < -0.4 is 11.1 Å². The number of nitrogens with one attached hydrogen (secondary N) is 1. The number of rotatable bonds is 4. The molecule has 0 aliphatic carbocycles. The van der Waals surface area contributed by atoms with Crippen LogP contribution in [0.2, 0.25) is 0 Å². The molecule has 1 aliphatic rings. The van der Waals surface area contributed by atoms with Crippen molar-refractivity contribution in [2.45, 2.75) is 25.9 Å². The molecule has 0 radical (unpaired) electrons. The Morgan fingerprint density at radius 1 is 1.53 bits per heavy atom. The second-order valence-corrected chi connectivity index (χ2v) is 4.45. The summed E-state index contributed by atoms with van der Waals surface area (Å²) in [5, 5.41) is 3.22. The minimum atomic E-state index is -0.371. The molecule has 3 N–H and O–H groups in total. The second-order valence-electron chi connectivity index (χ2n) is 4.45. The third-order valence-electron chi connectivity index (χ3n) is 3.36. The summed E-state index contributed by atoms with van der Waals surface area (Å²) in [6.45, 7) is 3.73. The first-order valence-electron chi connectivity index (χ1n) is 6.11. The van der Waals surface area contributed by atoms with Gasteiger partial charge in [0, 0.05) is 19.1 Å². The lowest BCUT2D eigenvalue weighted by Gasteiger charge is -2.18. The molecule has 2 rings (SSSR count). The molecule has 0 saturated carbocycles. The molecule has 3 nitrogen and oxygen atoms in total. The lowest BCUT2D eigenvalue weighted by atomic mass is 9.99. The highest BCUT2D eigenvalue weighted by Gasteiger charge is 2.26. The highest BCUT2D eigenvalue weighted by atomic mass is 19.1. The number of anilines is 2. The van der Waals surface area contributed by atoms with Crippen molar-refractivity contribution in [3.05, 3.63) is 24.0 Å². The maximum absolute atomic E-state index is 13.2. The highest BCUT2D eigenvalue weighted by molar-refractivity contribution is 5.66. The largest absolute Gasteiger partial charge is 0.395 e. The highest BCUT2D eigenvalue weighted by Crippen LogP contribution is 2.26. The van der Waals surface area contributed by atoms with E-state index in [0.717, 1.165) is 26.0 Å². The Kier molecular flexibility index (Phi) is 3.84. The van der Waals surface area contributed by atoms with Gasteiger partial charge in [-0.2, -0.15) is 0 Å². The number of ether oxygens (including phenoxy) is 1. The van der Waals surface area contributed by atoms with Gasteiger partial charge in [0.15, 0.2) is 0 Å². The van der Waals surface area contributed by atoms with E-state index in [4.69, 9.17) is 10.5 Å². The molecule has 1 fully saturated rings. The van der Waals surface area contributed by atoms with E-state index in [1.807, 2.05) is 0 Å². The lowest BCUT2D eigenvalue weighted by Crippen LogP contribution is -2.23. The molecule has 2 unspecified atom stereocenters. The van der Waals surface area contributed by atoms with Crippen LogP contribution in [0.1, 0.15) is 19.8 Å². The number of nitrogens with two attached hydrogens (primary N) is 1. The first kappa shape index (κ1) is 12.2.